The van der Waals surface area contributed by atoms with E-state index < -0.39 is 4.92 Å². The normalized spacial score (nSPS) is 13.6. The predicted octanol–water partition coefficient (Wildman–Crippen LogP) is 3.61. The van der Waals surface area contributed by atoms with E-state index in [0.29, 0.717) is 60.1 Å². The van der Waals surface area contributed by atoms with Gasteiger partial charge in [-0.1, -0.05) is 11.6 Å². The minimum Gasteiger partial charge on any atom is -0.459 e. The first-order valence-corrected chi connectivity index (χ1v) is 10.5. The second kappa shape index (κ2) is 8.57. The van der Waals surface area contributed by atoms with E-state index in [1.807, 2.05) is 0 Å². The number of H-pyrrole nitrogens is 1. The van der Waals surface area contributed by atoms with Crippen LogP contribution in [-0.4, -0.2) is 36.3 Å². The molecule has 1 aromatic carbocycles. The Morgan fingerprint density at radius 3 is 2.82 bits per heavy atom. The number of furan rings is 1. The minimum atomic E-state index is -0.486. The number of halogens is 1. The van der Waals surface area contributed by atoms with Crippen molar-refractivity contribution < 1.29 is 9.34 Å². The summed E-state index contributed by atoms with van der Waals surface area (Å²) in [6.45, 7) is 1.56. The van der Waals surface area contributed by atoms with Gasteiger partial charge in [-0.15, -0.1) is 0 Å². The van der Waals surface area contributed by atoms with Gasteiger partial charge in [0.2, 0.25) is 0 Å². The van der Waals surface area contributed by atoms with Gasteiger partial charge in [-0.3, -0.25) is 19.8 Å². The van der Waals surface area contributed by atoms with Crippen molar-refractivity contribution in [3.8, 4) is 22.7 Å². The topological polar surface area (TPSA) is 131 Å². The Morgan fingerprint density at radius 1 is 1.21 bits per heavy atom. The Morgan fingerprint density at radius 2 is 2.03 bits per heavy atom. The average molecular weight is 465 g/mol. The number of nitrogens with one attached hydrogen (secondary N) is 1. The van der Waals surface area contributed by atoms with Gasteiger partial charge in [0.15, 0.2) is 0 Å². The molecule has 0 aliphatic carbocycles. The van der Waals surface area contributed by atoms with E-state index in [4.69, 9.17) is 16.0 Å². The highest BCUT2D eigenvalue weighted by Crippen LogP contribution is 2.33. The Labute approximate surface area is 192 Å². The van der Waals surface area contributed by atoms with Gasteiger partial charge in [-0.05, 0) is 24.3 Å². The molecule has 1 N–H and O–H groups in total. The zero-order valence-electron chi connectivity index (χ0n) is 17.2. The molecule has 4 aromatic rings. The number of benzene rings is 1. The number of hydrogen-bond donors (Lipinski definition) is 1. The summed E-state index contributed by atoms with van der Waals surface area (Å²) in [5.74, 6) is 1.48. The first kappa shape index (κ1) is 21.0. The van der Waals surface area contributed by atoms with Crippen LogP contribution in [0.15, 0.2) is 58.3 Å². The molecular formula is C22H17ClN6O4. The van der Waals surface area contributed by atoms with E-state index in [1.54, 1.807) is 36.7 Å². The van der Waals surface area contributed by atoms with Crippen LogP contribution in [0.3, 0.4) is 0 Å². The molecular weight excluding hydrogens is 448 g/mol. The smallest absolute Gasteiger partial charge is 0.281 e. The number of nitro benzene ring substituents is 1. The highest BCUT2D eigenvalue weighted by molar-refractivity contribution is 6.30. The fourth-order valence-electron chi connectivity index (χ4n) is 3.87. The van der Waals surface area contributed by atoms with Crippen molar-refractivity contribution in [1.29, 1.82) is 0 Å². The van der Waals surface area contributed by atoms with Crippen LogP contribution in [-0.2, 0) is 19.5 Å². The van der Waals surface area contributed by atoms with Crippen LogP contribution in [0.4, 0.5) is 5.69 Å². The highest BCUT2D eigenvalue weighted by Gasteiger charge is 2.24. The Kier molecular flexibility index (Phi) is 5.45. The molecule has 0 saturated carbocycles. The molecule has 0 unspecified atom stereocenters. The van der Waals surface area contributed by atoms with Crippen LogP contribution >= 0.6 is 11.6 Å². The standard InChI is InChI=1S/C22H17ClN6O4/c23-14-1-3-16(19(7-14)29(31)32)20-4-2-15(33-20)10-28-6-5-18-17(11-28)22(30)27-21(26-18)13-8-24-12-25-9-13/h1-4,7-9,12H,5-6,10-11H2,(H,26,27,30). The Hall–Kier alpha value is -3.89. The Bertz CT molecular complexity index is 1400. The van der Waals surface area contributed by atoms with Gasteiger partial charge >= 0.3 is 0 Å². The summed E-state index contributed by atoms with van der Waals surface area (Å²) >= 11 is 5.90. The third kappa shape index (κ3) is 4.26. The molecule has 0 amide bonds. The molecule has 0 atom stereocenters. The van der Waals surface area contributed by atoms with Gasteiger partial charge in [0.05, 0.1) is 33.9 Å². The molecule has 33 heavy (non-hydrogen) atoms. The van der Waals surface area contributed by atoms with Gasteiger partial charge in [0.25, 0.3) is 11.2 Å². The lowest BCUT2D eigenvalue weighted by atomic mass is 10.1. The van der Waals surface area contributed by atoms with E-state index >= 15 is 0 Å². The zero-order valence-corrected chi connectivity index (χ0v) is 18.0. The summed E-state index contributed by atoms with van der Waals surface area (Å²) in [7, 11) is 0. The summed E-state index contributed by atoms with van der Waals surface area (Å²) in [6, 6.07) is 7.94. The third-order valence-corrected chi connectivity index (χ3v) is 5.68. The lowest BCUT2D eigenvalue weighted by Gasteiger charge is -2.26. The fraction of sp³-hybridized carbons (Fsp3) is 0.182. The van der Waals surface area contributed by atoms with Crippen LogP contribution in [0.5, 0.6) is 0 Å². The summed E-state index contributed by atoms with van der Waals surface area (Å²) in [5, 5.41) is 11.7. The fourth-order valence-corrected chi connectivity index (χ4v) is 4.03. The molecule has 1 aliphatic heterocycles. The summed E-state index contributed by atoms with van der Waals surface area (Å²) < 4.78 is 5.89. The summed E-state index contributed by atoms with van der Waals surface area (Å²) in [4.78, 5) is 41.0. The maximum Gasteiger partial charge on any atom is 0.281 e. The highest BCUT2D eigenvalue weighted by atomic mass is 35.5. The van der Waals surface area contributed by atoms with Gasteiger partial charge in [-0.25, -0.2) is 15.0 Å². The molecule has 0 spiro atoms. The van der Waals surface area contributed by atoms with Gasteiger partial charge < -0.3 is 9.40 Å². The predicted molar refractivity (Wildman–Crippen MR) is 120 cm³/mol. The maximum absolute atomic E-state index is 12.7. The van der Waals surface area contributed by atoms with Crippen molar-refractivity contribution in [2.75, 3.05) is 6.54 Å². The largest absolute Gasteiger partial charge is 0.459 e. The SMILES string of the molecule is O=c1[nH]c(-c2cncnc2)nc2c1CN(Cc1ccc(-c3ccc(Cl)cc3[N+](=O)[O-])o1)CC2. The van der Waals surface area contributed by atoms with E-state index in [9.17, 15) is 14.9 Å². The molecule has 0 bridgehead atoms. The minimum absolute atomic E-state index is 0.118. The van der Waals surface area contributed by atoms with Crippen molar-refractivity contribution in [3.63, 3.8) is 0 Å². The van der Waals surface area contributed by atoms with Crippen molar-refractivity contribution >= 4 is 17.3 Å². The molecule has 0 radical (unpaired) electrons. The van der Waals surface area contributed by atoms with E-state index in [0.717, 1.165) is 5.69 Å². The van der Waals surface area contributed by atoms with E-state index in [-0.39, 0.29) is 16.3 Å². The number of nitrogens with zero attached hydrogens (tertiary/aromatic N) is 5. The quantitative estimate of drug-likeness (QED) is 0.350. The van der Waals surface area contributed by atoms with Crippen LogP contribution in [0.1, 0.15) is 17.0 Å². The number of fused-ring (bicyclic) bond motifs is 1. The zero-order chi connectivity index (χ0) is 22.9. The Balaban J connectivity index is 1.35. The summed E-state index contributed by atoms with van der Waals surface area (Å²) in [5.41, 5.74) is 2.07. The number of nitro groups is 1. The van der Waals surface area contributed by atoms with Crippen LogP contribution in [0, 0.1) is 10.1 Å². The third-order valence-electron chi connectivity index (χ3n) is 5.44. The second-order valence-corrected chi connectivity index (χ2v) is 8.05. The molecule has 166 valence electrons. The molecule has 1 aliphatic rings. The van der Waals surface area contributed by atoms with Crippen molar-refractivity contribution in [2.24, 2.45) is 0 Å². The molecule has 3 aromatic heterocycles. The van der Waals surface area contributed by atoms with Gasteiger partial charge in [0.1, 0.15) is 23.7 Å². The number of aromatic amines is 1. The van der Waals surface area contributed by atoms with Gasteiger partial charge in [0, 0.05) is 43.0 Å². The average Bonchev–Trinajstić information content (AvgIpc) is 3.28. The first-order chi connectivity index (χ1) is 16.0. The monoisotopic (exact) mass is 464 g/mol. The van der Waals surface area contributed by atoms with Crippen LogP contribution < -0.4 is 5.56 Å². The van der Waals surface area contributed by atoms with Crippen molar-refractivity contribution in [3.05, 3.63) is 91.6 Å². The van der Waals surface area contributed by atoms with Gasteiger partial charge in [-0.2, -0.15) is 0 Å². The van der Waals surface area contributed by atoms with Crippen LogP contribution in [0.2, 0.25) is 5.02 Å². The second-order valence-electron chi connectivity index (χ2n) is 7.61. The molecule has 10 nitrogen and oxygen atoms in total. The van der Waals surface area contributed by atoms with Crippen molar-refractivity contribution in [2.45, 2.75) is 19.5 Å². The lowest BCUT2D eigenvalue weighted by Crippen LogP contribution is -2.35. The lowest BCUT2D eigenvalue weighted by molar-refractivity contribution is -0.384. The number of rotatable bonds is 5. The first-order valence-electron chi connectivity index (χ1n) is 10.1. The number of aromatic nitrogens is 4. The molecule has 5 rings (SSSR count). The van der Waals surface area contributed by atoms with E-state index in [2.05, 4.69) is 24.8 Å². The molecule has 0 saturated heterocycles. The molecule has 4 heterocycles. The van der Waals surface area contributed by atoms with Crippen LogP contribution in [0.25, 0.3) is 22.7 Å². The van der Waals surface area contributed by atoms with Crippen molar-refractivity contribution in [1.82, 2.24) is 24.8 Å². The molecule has 0 fully saturated rings. The molecule has 11 heteroatoms. The van der Waals surface area contributed by atoms with E-state index in [1.165, 1.54) is 12.4 Å². The maximum atomic E-state index is 12.7. The number of hydrogen-bond acceptors (Lipinski definition) is 8. The summed E-state index contributed by atoms with van der Waals surface area (Å²) in [6.07, 6.45) is 5.23.